The van der Waals surface area contributed by atoms with Crippen LogP contribution in [0.4, 0.5) is 0 Å². The van der Waals surface area contributed by atoms with Crippen LogP contribution in [-0.4, -0.2) is 36.6 Å². The van der Waals surface area contributed by atoms with Gasteiger partial charge in [-0.1, -0.05) is 12.1 Å². The lowest BCUT2D eigenvalue weighted by Gasteiger charge is -2.09. The Morgan fingerprint density at radius 3 is 2.38 bits per heavy atom. The minimum absolute atomic E-state index is 0.0510. The molecule has 0 fully saturated rings. The fraction of sp³-hybridized carbons (Fsp3) is 0.211. The first-order valence-electron chi connectivity index (χ1n) is 7.94. The molecule has 6 nitrogen and oxygen atoms in total. The maximum Gasteiger partial charge on any atom is 0.339 e. The zero-order valence-electron chi connectivity index (χ0n) is 14.3. The van der Waals surface area contributed by atoms with Gasteiger partial charge in [-0.2, -0.15) is 0 Å². The molecule has 0 bridgehead atoms. The summed E-state index contributed by atoms with van der Waals surface area (Å²) >= 11 is 1.15. The molecular weight excluding hydrogens is 354 g/mol. The number of amides is 1. The molecule has 0 atom stereocenters. The van der Waals surface area contributed by atoms with Gasteiger partial charge in [0.25, 0.3) is 0 Å². The second-order valence-electron chi connectivity index (χ2n) is 5.21. The SMILES string of the molecule is CCOc1ccc(C(=O)COC(=O)c2ccccc2SCC(N)=O)cc1. The Balaban J connectivity index is 1.97. The van der Waals surface area contributed by atoms with Crippen molar-refractivity contribution >= 4 is 29.4 Å². The molecule has 2 rings (SSSR count). The summed E-state index contributed by atoms with van der Waals surface area (Å²) in [5, 5.41) is 0. The van der Waals surface area contributed by atoms with E-state index in [4.69, 9.17) is 15.2 Å². The van der Waals surface area contributed by atoms with Crippen molar-refractivity contribution in [2.45, 2.75) is 11.8 Å². The number of nitrogens with two attached hydrogens (primary N) is 1. The highest BCUT2D eigenvalue weighted by molar-refractivity contribution is 8.00. The summed E-state index contributed by atoms with van der Waals surface area (Å²) in [7, 11) is 0. The van der Waals surface area contributed by atoms with Crippen molar-refractivity contribution in [1.29, 1.82) is 0 Å². The summed E-state index contributed by atoms with van der Waals surface area (Å²) in [4.78, 5) is 35.9. The van der Waals surface area contributed by atoms with Gasteiger partial charge >= 0.3 is 5.97 Å². The lowest BCUT2D eigenvalue weighted by atomic mass is 10.1. The predicted octanol–water partition coefficient (Wildman–Crippen LogP) is 2.70. The van der Waals surface area contributed by atoms with Gasteiger partial charge in [0.2, 0.25) is 5.91 Å². The Kier molecular flexibility index (Phi) is 7.23. The maximum atomic E-state index is 12.3. The number of primary amides is 1. The van der Waals surface area contributed by atoms with E-state index in [1.54, 1.807) is 48.5 Å². The van der Waals surface area contributed by atoms with Crippen molar-refractivity contribution in [2.24, 2.45) is 5.73 Å². The number of carbonyl (C=O) groups excluding carboxylic acids is 3. The lowest BCUT2D eigenvalue weighted by Crippen LogP contribution is -2.16. The summed E-state index contributed by atoms with van der Waals surface area (Å²) in [6.45, 7) is 2.04. The average molecular weight is 373 g/mol. The molecule has 0 saturated heterocycles. The molecule has 0 spiro atoms. The van der Waals surface area contributed by atoms with E-state index in [0.717, 1.165) is 11.8 Å². The van der Waals surface area contributed by atoms with Gasteiger partial charge in [0.1, 0.15) is 5.75 Å². The van der Waals surface area contributed by atoms with E-state index in [1.165, 1.54) is 0 Å². The van der Waals surface area contributed by atoms with Crippen molar-refractivity contribution in [3.63, 3.8) is 0 Å². The van der Waals surface area contributed by atoms with Crippen molar-refractivity contribution in [1.82, 2.24) is 0 Å². The van der Waals surface area contributed by atoms with Gasteiger partial charge in [0.15, 0.2) is 12.4 Å². The van der Waals surface area contributed by atoms with Gasteiger partial charge in [0.05, 0.1) is 17.9 Å². The highest BCUT2D eigenvalue weighted by Gasteiger charge is 2.16. The molecule has 0 saturated carbocycles. The molecule has 0 unspecified atom stereocenters. The third-order valence-electron chi connectivity index (χ3n) is 3.30. The molecule has 1 amide bonds. The predicted molar refractivity (Wildman–Crippen MR) is 98.6 cm³/mol. The monoisotopic (exact) mass is 373 g/mol. The number of esters is 1. The molecular formula is C19H19NO5S. The number of carbonyl (C=O) groups is 3. The molecule has 0 aromatic heterocycles. The van der Waals surface area contributed by atoms with E-state index in [0.29, 0.717) is 28.4 Å². The lowest BCUT2D eigenvalue weighted by molar-refractivity contribution is -0.115. The Morgan fingerprint density at radius 2 is 1.73 bits per heavy atom. The van der Waals surface area contributed by atoms with E-state index in [2.05, 4.69) is 0 Å². The van der Waals surface area contributed by atoms with E-state index >= 15 is 0 Å². The summed E-state index contributed by atoms with van der Waals surface area (Å²) in [5.74, 6) is -0.708. The second kappa shape index (κ2) is 9.62. The first kappa shape index (κ1) is 19.5. The van der Waals surface area contributed by atoms with Crippen LogP contribution in [0.15, 0.2) is 53.4 Å². The Hall–Kier alpha value is -2.80. The molecule has 2 aromatic carbocycles. The summed E-state index contributed by atoms with van der Waals surface area (Å²) in [5.41, 5.74) is 5.85. The third kappa shape index (κ3) is 5.63. The first-order valence-corrected chi connectivity index (χ1v) is 8.93. The van der Waals surface area contributed by atoms with E-state index in [-0.39, 0.29) is 18.1 Å². The maximum absolute atomic E-state index is 12.3. The summed E-state index contributed by atoms with van der Waals surface area (Å²) in [6.07, 6.45) is 0. The molecule has 0 aliphatic heterocycles. The average Bonchev–Trinajstić information content (AvgIpc) is 2.65. The Bertz CT molecular complexity index is 789. The minimum Gasteiger partial charge on any atom is -0.494 e. The molecule has 0 aliphatic carbocycles. The molecule has 0 heterocycles. The van der Waals surface area contributed by atoms with Crippen LogP contribution in [-0.2, 0) is 9.53 Å². The van der Waals surface area contributed by atoms with E-state index in [1.807, 2.05) is 6.92 Å². The largest absolute Gasteiger partial charge is 0.494 e. The topological polar surface area (TPSA) is 95.7 Å². The van der Waals surface area contributed by atoms with E-state index in [9.17, 15) is 14.4 Å². The zero-order chi connectivity index (χ0) is 18.9. The number of ether oxygens (including phenoxy) is 2. The smallest absolute Gasteiger partial charge is 0.339 e. The molecule has 26 heavy (non-hydrogen) atoms. The number of hydrogen-bond donors (Lipinski definition) is 1. The van der Waals surface area contributed by atoms with Crippen LogP contribution in [0.3, 0.4) is 0 Å². The van der Waals surface area contributed by atoms with Gasteiger partial charge in [-0.3, -0.25) is 9.59 Å². The highest BCUT2D eigenvalue weighted by atomic mass is 32.2. The molecule has 2 N–H and O–H groups in total. The van der Waals surface area contributed by atoms with Gasteiger partial charge in [0, 0.05) is 10.5 Å². The van der Waals surface area contributed by atoms with Crippen LogP contribution in [0.25, 0.3) is 0 Å². The van der Waals surface area contributed by atoms with Crippen molar-refractivity contribution < 1.29 is 23.9 Å². The molecule has 136 valence electrons. The number of hydrogen-bond acceptors (Lipinski definition) is 6. The number of Topliss-reactive ketones (excluding diaryl/α,β-unsaturated/α-hetero) is 1. The molecule has 0 aliphatic rings. The first-order chi connectivity index (χ1) is 12.5. The quantitative estimate of drug-likeness (QED) is 0.412. The number of benzene rings is 2. The number of thioether (sulfide) groups is 1. The van der Waals surface area contributed by atoms with Gasteiger partial charge in [-0.05, 0) is 43.3 Å². The Labute approximate surface area is 155 Å². The molecule has 2 aromatic rings. The fourth-order valence-electron chi connectivity index (χ4n) is 2.11. The molecule has 0 radical (unpaired) electrons. The van der Waals surface area contributed by atoms with Crippen LogP contribution >= 0.6 is 11.8 Å². The molecule has 7 heteroatoms. The third-order valence-corrected chi connectivity index (χ3v) is 4.39. The highest BCUT2D eigenvalue weighted by Crippen LogP contribution is 2.23. The van der Waals surface area contributed by atoms with Crippen LogP contribution in [0.5, 0.6) is 5.75 Å². The fourth-order valence-corrected chi connectivity index (χ4v) is 2.89. The Morgan fingerprint density at radius 1 is 1.04 bits per heavy atom. The van der Waals surface area contributed by atoms with Crippen LogP contribution < -0.4 is 10.5 Å². The van der Waals surface area contributed by atoms with Crippen LogP contribution in [0.1, 0.15) is 27.6 Å². The zero-order valence-corrected chi connectivity index (χ0v) is 15.1. The van der Waals surface area contributed by atoms with Crippen molar-refractivity contribution in [2.75, 3.05) is 19.0 Å². The minimum atomic E-state index is -0.628. The van der Waals surface area contributed by atoms with Gasteiger partial charge in [-0.25, -0.2) is 4.79 Å². The normalized spacial score (nSPS) is 10.2. The number of rotatable bonds is 9. The summed E-state index contributed by atoms with van der Waals surface area (Å²) < 4.78 is 10.4. The van der Waals surface area contributed by atoms with Gasteiger partial charge in [-0.15, -0.1) is 11.8 Å². The number of ketones is 1. The van der Waals surface area contributed by atoms with Gasteiger partial charge < -0.3 is 15.2 Å². The van der Waals surface area contributed by atoms with Crippen LogP contribution in [0, 0.1) is 0 Å². The van der Waals surface area contributed by atoms with Crippen molar-refractivity contribution in [3.8, 4) is 5.75 Å². The standard InChI is InChI=1S/C19H19NO5S/c1-2-24-14-9-7-13(8-10-14)16(21)11-25-19(23)15-5-3-4-6-17(15)26-12-18(20)22/h3-10H,2,11-12H2,1H3,(H2,20,22). The second-order valence-corrected chi connectivity index (χ2v) is 6.23. The van der Waals surface area contributed by atoms with Crippen molar-refractivity contribution in [3.05, 3.63) is 59.7 Å². The summed E-state index contributed by atoms with van der Waals surface area (Å²) in [6, 6.07) is 13.3. The van der Waals surface area contributed by atoms with E-state index < -0.39 is 11.9 Å². The van der Waals surface area contributed by atoms with Crippen LogP contribution in [0.2, 0.25) is 0 Å².